The fourth-order valence-electron chi connectivity index (χ4n) is 3.16. The first kappa shape index (κ1) is 29.0. The monoisotopic (exact) mass is 507 g/mol. The third kappa shape index (κ3) is 10.2. The highest BCUT2D eigenvalue weighted by molar-refractivity contribution is 8.00. The minimum atomic E-state index is -0.610. The number of nitrogens with zero attached hydrogens (tertiary/aromatic N) is 1. The van der Waals surface area contributed by atoms with Gasteiger partial charge in [-0.05, 0) is 85.9 Å². The lowest BCUT2D eigenvalue weighted by Crippen LogP contribution is -2.32. The Morgan fingerprint density at radius 2 is 1.83 bits per heavy atom. The molecule has 0 radical (unpaired) electrons. The van der Waals surface area contributed by atoms with Crippen LogP contribution in [0.3, 0.4) is 0 Å². The van der Waals surface area contributed by atoms with Crippen LogP contribution in [0.5, 0.6) is 11.5 Å². The number of rotatable bonds is 13. The van der Waals surface area contributed by atoms with Crippen molar-refractivity contribution < 1.29 is 14.9 Å². The fraction of sp³-hybridized carbons (Fsp3) is 0.276. The number of hydrogen-bond acceptors (Lipinski definition) is 7. The Balaban J connectivity index is 0.00000222. The van der Waals surface area contributed by atoms with Crippen molar-refractivity contribution in [3.05, 3.63) is 90.3 Å². The third-order valence-electron chi connectivity index (χ3n) is 4.95. The standard InChI is InChI=1S/C27H31N3O3S.C2H6/c1-3-5-21-16-26(18-29-27(21)4-2)34-30-22-8-6-20(7-9-22)14-15-28-17-24(32)19-33-25-12-10-23(31)11-13-25;1-2/h3-13,16,18,24,28,30-32H,2,14-15,17,19H2,1H3;1-2H3/b5-3-;. The zero-order valence-corrected chi connectivity index (χ0v) is 22.1. The summed E-state index contributed by atoms with van der Waals surface area (Å²) in [5, 5.41) is 22.6. The number of phenols is 1. The van der Waals surface area contributed by atoms with E-state index in [-0.39, 0.29) is 12.4 Å². The van der Waals surface area contributed by atoms with Crippen LogP contribution in [0, 0.1) is 0 Å². The average Bonchev–Trinajstić information content (AvgIpc) is 2.92. The van der Waals surface area contributed by atoms with Crippen molar-refractivity contribution >= 4 is 29.8 Å². The van der Waals surface area contributed by atoms with Gasteiger partial charge in [-0.2, -0.15) is 0 Å². The molecule has 3 aromatic rings. The van der Waals surface area contributed by atoms with Crippen LogP contribution < -0.4 is 14.8 Å². The molecule has 0 aliphatic carbocycles. The summed E-state index contributed by atoms with van der Waals surface area (Å²) in [5.74, 6) is 0.804. The lowest BCUT2D eigenvalue weighted by molar-refractivity contribution is 0.106. The first-order chi connectivity index (χ1) is 17.6. The molecule has 0 aliphatic heterocycles. The number of phenolic OH excluding ortho intramolecular Hbond substituents is 1. The maximum atomic E-state index is 10.1. The number of allylic oxidation sites excluding steroid dienone is 1. The van der Waals surface area contributed by atoms with E-state index in [0.717, 1.165) is 34.8 Å². The fourth-order valence-corrected chi connectivity index (χ4v) is 3.83. The van der Waals surface area contributed by atoms with Crippen LogP contribution in [0.25, 0.3) is 12.2 Å². The van der Waals surface area contributed by atoms with Gasteiger partial charge in [-0.15, -0.1) is 0 Å². The first-order valence-corrected chi connectivity index (χ1v) is 13.0. The molecule has 192 valence electrons. The molecule has 4 N–H and O–H groups in total. The van der Waals surface area contributed by atoms with E-state index in [1.54, 1.807) is 30.3 Å². The number of nitrogens with one attached hydrogen (secondary N) is 2. The number of pyridine rings is 1. The molecule has 0 aliphatic rings. The largest absolute Gasteiger partial charge is 0.508 e. The topological polar surface area (TPSA) is 86.6 Å². The molecule has 3 rings (SSSR count). The second-order valence-corrected chi connectivity index (χ2v) is 8.54. The molecule has 0 fully saturated rings. The number of hydrogen-bond donors (Lipinski definition) is 4. The Morgan fingerprint density at radius 3 is 2.50 bits per heavy atom. The quantitative estimate of drug-likeness (QED) is 0.162. The molecule has 0 bridgehead atoms. The second kappa shape index (κ2) is 16.4. The number of anilines is 1. The first-order valence-electron chi connectivity index (χ1n) is 12.1. The Bertz CT molecular complexity index is 1070. The summed E-state index contributed by atoms with van der Waals surface area (Å²) >= 11 is 1.52. The highest BCUT2D eigenvalue weighted by Gasteiger charge is 2.06. The predicted molar refractivity (Wildman–Crippen MR) is 152 cm³/mol. The maximum absolute atomic E-state index is 10.1. The van der Waals surface area contributed by atoms with Crippen molar-refractivity contribution in [1.82, 2.24) is 10.3 Å². The second-order valence-electron chi connectivity index (χ2n) is 7.66. The summed E-state index contributed by atoms with van der Waals surface area (Å²) in [6.45, 7) is 11.2. The lowest BCUT2D eigenvalue weighted by Gasteiger charge is -2.13. The van der Waals surface area contributed by atoms with Crippen LogP contribution in [0.4, 0.5) is 5.69 Å². The predicted octanol–water partition coefficient (Wildman–Crippen LogP) is 6.18. The summed E-state index contributed by atoms with van der Waals surface area (Å²) in [6, 6.07) is 16.8. The summed E-state index contributed by atoms with van der Waals surface area (Å²) in [4.78, 5) is 5.48. The van der Waals surface area contributed by atoms with E-state index in [2.05, 4.69) is 51.9 Å². The van der Waals surface area contributed by atoms with E-state index in [1.807, 2.05) is 39.1 Å². The van der Waals surface area contributed by atoms with Crippen molar-refractivity contribution in [3.63, 3.8) is 0 Å². The number of aromatic hydroxyl groups is 1. The van der Waals surface area contributed by atoms with Gasteiger partial charge >= 0.3 is 0 Å². The molecule has 6 nitrogen and oxygen atoms in total. The molecule has 0 spiro atoms. The van der Waals surface area contributed by atoms with Gasteiger partial charge in [-0.1, -0.05) is 44.7 Å². The molecule has 1 aromatic heterocycles. The third-order valence-corrected chi connectivity index (χ3v) is 5.75. The number of benzene rings is 2. The van der Waals surface area contributed by atoms with E-state index in [9.17, 15) is 10.2 Å². The molecule has 36 heavy (non-hydrogen) atoms. The molecule has 2 aromatic carbocycles. The van der Waals surface area contributed by atoms with E-state index in [1.165, 1.54) is 17.5 Å². The maximum Gasteiger partial charge on any atom is 0.119 e. The van der Waals surface area contributed by atoms with Gasteiger partial charge in [0.15, 0.2) is 0 Å². The molecular formula is C29H37N3O3S. The number of aliphatic hydroxyl groups excluding tert-OH is 1. The highest BCUT2D eigenvalue weighted by atomic mass is 32.2. The van der Waals surface area contributed by atoms with Crippen molar-refractivity contribution in [2.75, 3.05) is 24.4 Å². The van der Waals surface area contributed by atoms with Gasteiger partial charge in [0, 0.05) is 28.9 Å². The van der Waals surface area contributed by atoms with E-state index in [0.29, 0.717) is 12.3 Å². The Kier molecular flexibility index (Phi) is 13.2. The smallest absolute Gasteiger partial charge is 0.119 e. The minimum absolute atomic E-state index is 0.187. The molecule has 0 saturated carbocycles. The van der Waals surface area contributed by atoms with Crippen LogP contribution in [-0.4, -0.2) is 41.0 Å². The lowest BCUT2D eigenvalue weighted by atomic mass is 10.1. The molecule has 0 amide bonds. The summed E-state index contributed by atoms with van der Waals surface area (Å²) in [7, 11) is 0. The number of ether oxygens (including phenoxy) is 1. The zero-order valence-electron chi connectivity index (χ0n) is 21.3. The summed E-state index contributed by atoms with van der Waals surface area (Å²) in [5.41, 5.74) is 4.15. The van der Waals surface area contributed by atoms with Gasteiger partial charge in [0.2, 0.25) is 0 Å². The van der Waals surface area contributed by atoms with Gasteiger partial charge in [0.05, 0.1) is 5.69 Å². The Hall–Kier alpha value is -3.26. The van der Waals surface area contributed by atoms with Crippen LogP contribution in [0.1, 0.15) is 37.6 Å². The van der Waals surface area contributed by atoms with Crippen LogP contribution in [0.2, 0.25) is 0 Å². The van der Waals surface area contributed by atoms with Crippen LogP contribution in [-0.2, 0) is 6.42 Å². The molecule has 1 unspecified atom stereocenters. The SMILES string of the molecule is C=Cc1ncc(SNc2ccc(CCNCC(O)COc3ccc(O)cc3)cc2)cc1/C=C\C.CC. The van der Waals surface area contributed by atoms with Crippen molar-refractivity contribution in [1.29, 1.82) is 0 Å². The molecule has 1 atom stereocenters. The van der Waals surface area contributed by atoms with Crippen LogP contribution >= 0.6 is 11.9 Å². The van der Waals surface area contributed by atoms with E-state index >= 15 is 0 Å². The van der Waals surface area contributed by atoms with Crippen molar-refractivity contribution in [2.24, 2.45) is 0 Å². The molecular weight excluding hydrogens is 470 g/mol. The van der Waals surface area contributed by atoms with Gasteiger partial charge in [0.25, 0.3) is 0 Å². The Morgan fingerprint density at radius 1 is 1.11 bits per heavy atom. The van der Waals surface area contributed by atoms with Crippen molar-refractivity contribution in [2.45, 2.75) is 38.2 Å². The molecule has 0 saturated heterocycles. The summed E-state index contributed by atoms with van der Waals surface area (Å²) < 4.78 is 8.87. The van der Waals surface area contributed by atoms with Gasteiger partial charge in [-0.25, -0.2) is 0 Å². The van der Waals surface area contributed by atoms with E-state index < -0.39 is 6.10 Å². The van der Waals surface area contributed by atoms with Crippen molar-refractivity contribution in [3.8, 4) is 11.5 Å². The van der Waals surface area contributed by atoms with Crippen LogP contribution in [0.15, 0.2) is 78.3 Å². The molecule has 7 heteroatoms. The number of aliphatic hydroxyl groups is 1. The van der Waals surface area contributed by atoms with Gasteiger partial charge < -0.3 is 25.0 Å². The normalized spacial score (nSPS) is 11.4. The highest BCUT2D eigenvalue weighted by Crippen LogP contribution is 2.24. The minimum Gasteiger partial charge on any atom is -0.508 e. The van der Waals surface area contributed by atoms with Gasteiger partial charge in [0.1, 0.15) is 24.2 Å². The average molecular weight is 508 g/mol. The molecule has 1 heterocycles. The Labute approximate surface area is 219 Å². The van der Waals surface area contributed by atoms with Gasteiger partial charge in [-0.3, -0.25) is 4.98 Å². The number of aromatic nitrogens is 1. The summed E-state index contributed by atoms with van der Waals surface area (Å²) in [6.07, 6.45) is 7.87. The van der Waals surface area contributed by atoms with E-state index in [4.69, 9.17) is 4.74 Å². The zero-order chi connectivity index (χ0) is 26.2.